The number of thiophene rings is 1. The molecule has 2 aromatic rings. The third kappa shape index (κ3) is 3.10. The average molecular weight is 356 g/mol. The minimum atomic E-state index is -0.267. The van der Waals surface area contributed by atoms with Crippen LogP contribution in [0.5, 0.6) is 0 Å². The normalized spacial score (nSPS) is 12.2. The summed E-state index contributed by atoms with van der Waals surface area (Å²) in [6.45, 7) is 4.50. The van der Waals surface area contributed by atoms with Gasteiger partial charge in [0.2, 0.25) is 0 Å². The van der Waals surface area contributed by atoms with E-state index >= 15 is 0 Å². The van der Waals surface area contributed by atoms with Crippen LogP contribution >= 0.6 is 27.3 Å². The molecule has 0 saturated carbocycles. The van der Waals surface area contributed by atoms with Crippen molar-refractivity contribution in [3.8, 4) is 0 Å². The topological polar surface area (TPSA) is 20.3 Å². The Morgan fingerprint density at radius 1 is 1.35 bits per heavy atom. The molecule has 0 fully saturated rings. The molecule has 0 spiro atoms. The van der Waals surface area contributed by atoms with E-state index in [0.29, 0.717) is 11.4 Å². The molecule has 106 valence electrons. The average Bonchev–Trinajstić information content (AvgIpc) is 2.86. The summed E-state index contributed by atoms with van der Waals surface area (Å²) in [7, 11) is 0. The molecule has 0 bridgehead atoms. The van der Waals surface area contributed by atoms with Gasteiger partial charge in [-0.25, -0.2) is 4.39 Å². The predicted molar refractivity (Wildman–Crippen MR) is 83.5 cm³/mol. The highest BCUT2D eigenvalue weighted by Gasteiger charge is 2.23. The van der Waals surface area contributed by atoms with E-state index in [9.17, 15) is 9.18 Å². The Kier molecular flexibility index (Phi) is 4.94. The lowest BCUT2D eigenvalue weighted by Gasteiger charge is -2.28. The molecule has 1 aromatic heterocycles. The predicted octanol–water partition coefficient (Wildman–Crippen LogP) is 4.87. The summed E-state index contributed by atoms with van der Waals surface area (Å²) in [4.78, 5) is 15.0. The molecule has 0 radical (unpaired) electrons. The van der Waals surface area contributed by atoms with Crippen LogP contribution in [0.1, 0.15) is 35.1 Å². The van der Waals surface area contributed by atoms with Crippen LogP contribution in [0.2, 0.25) is 0 Å². The van der Waals surface area contributed by atoms with Crippen molar-refractivity contribution in [1.29, 1.82) is 0 Å². The molecule has 1 amide bonds. The van der Waals surface area contributed by atoms with Crippen molar-refractivity contribution < 1.29 is 9.18 Å². The van der Waals surface area contributed by atoms with Gasteiger partial charge in [-0.15, -0.1) is 11.3 Å². The molecule has 0 aliphatic heterocycles. The van der Waals surface area contributed by atoms with E-state index in [2.05, 4.69) is 15.9 Å². The summed E-state index contributed by atoms with van der Waals surface area (Å²) in [6, 6.07) is 8.06. The van der Waals surface area contributed by atoms with Crippen molar-refractivity contribution in [2.24, 2.45) is 0 Å². The van der Waals surface area contributed by atoms with Gasteiger partial charge in [0.05, 0.1) is 6.04 Å². The van der Waals surface area contributed by atoms with Gasteiger partial charge in [0.15, 0.2) is 0 Å². The fourth-order valence-electron chi connectivity index (χ4n) is 2.09. The van der Waals surface area contributed by atoms with Crippen molar-refractivity contribution in [3.05, 3.63) is 56.4 Å². The molecular formula is C15H15BrFNOS. The molecule has 5 heteroatoms. The van der Waals surface area contributed by atoms with Crippen molar-refractivity contribution in [2.45, 2.75) is 19.9 Å². The summed E-state index contributed by atoms with van der Waals surface area (Å²) in [5.41, 5.74) is 0.925. The van der Waals surface area contributed by atoms with Crippen molar-refractivity contribution >= 4 is 33.2 Å². The molecule has 1 heterocycles. The Bertz CT molecular complexity index is 596. The molecule has 2 rings (SSSR count). The first kappa shape index (κ1) is 15.2. The quantitative estimate of drug-likeness (QED) is 0.765. The van der Waals surface area contributed by atoms with Crippen LogP contribution < -0.4 is 0 Å². The monoisotopic (exact) mass is 355 g/mol. The maximum atomic E-state index is 13.0. The summed E-state index contributed by atoms with van der Waals surface area (Å²) >= 11 is 4.81. The zero-order valence-electron chi connectivity index (χ0n) is 11.3. The maximum Gasteiger partial charge on any atom is 0.265 e. The number of carbonyl (C=O) groups is 1. The number of benzene rings is 1. The van der Waals surface area contributed by atoms with Gasteiger partial charge in [0.25, 0.3) is 5.91 Å². The van der Waals surface area contributed by atoms with Gasteiger partial charge in [0.1, 0.15) is 10.7 Å². The van der Waals surface area contributed by atoms with Crippen molar-refractivity contribution in [2.75, 3.05) is 6.54 Å². The van der Waals surface area contributed by atoms with Gasteiger partial charge in [-0.2, -0.15) is 0 Å². The van der Waals surface area contributed by atoms with E-state index in [1.54, 1.807) is 17.0 Å². The van der Waals surface area contributed by atoms with Crippen LogP contribution in [0.4, 0.5) is 4.39 Å². The largest absolute Gasteiger partial charge is 0.331 e. The second-order valence-corrected chi connectivity index (χ2v) is 6.19. The van der Waals surface area contributed by atoms with E-state index < -0.39 is 0 Å². The lowest BCUT2D eigenvalue weighted by molar-refractivity contribution is 0.0706. The lowest BCUT2D eigenvalue weighted by atomic mass is 10.1. The minimum absolute atomic E-state index is 0.00815. The third-order valence-electron chi connectivity index (χ3n) is 3.23. The number of hydrogen-bond acceptors (Lipinski definition) is 2. The van der Waals surface area contributed by atoms with Crippen molar-refractivity contribution in [1.82, 2.24) is 4.90 Å². The van der Waals surface area contributed by atoms with Gasteiger partial charge in [-0.3, -0.25) is 4.79 Å². The van der Waals surface area contributed by atoms with Crippen LogP contribution in [0, 0.1) is 5.82 Å². The Hall–Kier alpha value is -1.20. The fraction of sp³-hybridized carbons (Fsp3) is 0.267. The highest BCUT2D eigenvalue weighted by molar-refractivity contribution is 9.10. The fourth-order valence-corrected chi connectivity index (χ4v) is 3.59. The molecule has 20 heavy (non-hydrogen) atoms. The Morgan fingerprint density at radius 2 is 2.00 bits per heavy atom. The molecule has 1 aromatic carbocycles. The second kappa shape index (κ2) is 6.50. The highest BCUT2D eigenvalue weighted by Crippen LogP contribution is 2.28. The van der Waals surface area contributed by atoms with Gasteiger partial charge in [0, 0.05) is 11.0 Å². The standard InChI is InChI=1S/C15H15BrFNOS/c1-3-18(15(19)14-13(16)8-9-20-14)10(2)11-4-6-12(17)7-5-11/h4-10H,3H2,1-2H3. The molecular weight excluding hydrogens is 341 g/mol. The SMILES string of the molecule is CCN(C(=O)c1sccc1Br)C(C)c1ccc(F)cc1. The molecule has 0 N–H and O–H groups in total. The van der Waals surface area contributed by atoms with Crippen LogP contribution in [-0.4, -0.2) is 17.4 Å². The van der Waals surface area contributed by atoms with Crippen LogP contribution in [-0.2, 0) is 0 Å². The number of halogens is 2. The Morgan fingerprint density at radius 3 is 2.50 bits per heavy atom. The van der Waals surface area contributed by atoms with E-state index in [1.165, 1.54) is 23.5 Å². The van der Waals surface area contributed by atoms with E-state index in [4.69, 9.17) is 0 Å². The van der Waals surface area contributed by atoms with Crippen LogP contribution in [0.3, 0.4) is 0 Å². The number of hydrogen-bond donors (Lipinski definition) is 0. The summed E-state index contributed by atoms with van der Waals surface area (Å²) in [5, 5.41) is 1.88. The molecule has 0 aliphatic rings. The van der Waals surface area contributed by atoms with Gasteiger partial charge < -0.3 is 4.90 Å². The Balaban J connectivity index is 2.25. The molecule has 2 nitrogen and oxygen atoms in total. The number of nitrogens with zero attached hydrogens (tertiary/aromatic N) is 1. The zero-order valence-corrected chi connectivity index (χ0v) is 13.7. The lowest BCUT2D eigenvalue weighted by Crippen LogP contribution is -2.33. The number of rotatable bonds is 4. The highest BCUT2D eigenvalue weighted by atomic mass is 79.9. The summed E-state index contributed by atoms with van der Waals surface area (Å²) in [6.07, 6.45) is 0. The molecule has 0 saturated heterocycles. The van der Waals surface area contributed by atoms with Crippen molar-refractivity contribution in [3.63, 3.8) is 0 Å². The van der Waals surface area contributed by atoms with E-state index in [-0.39, 0.29) is 17.8 Å². The summed E-state index contributed by atoms with van der Waals surface area (Å²) < 4.78 is 13.8. The second-order valence-electron chi connectivity index (χ2n) is 4.42. The van der Waals surface area contributed by atoms with Crippen LogP contribution in [0.15, 0.2) is 40.2 Å². The molecule has 1 unspecified atom stereocenters. The van der Waals surface area contributed by atoms with Gasteiger partial charge in [-0.05, 0) is 58.9 Å². The van der Waals surface area contributed by atoms with Crippen LogP contribution in [0.25, 0.3) is 0 Å². The number of amides is 1. The summed E-state index contributed by atoms with van der Waals surface area (Å²) in [5.74, 6) is -0.275. The van der Waals surface area contributed by atoms with E-state index in [1.807, 2.05) is 25.3 Å². The third-order valence-corrected chi connectivity index (χ3v) is 5.06. The maximum absolute atomic E-state index is 13.0. The minimum Gasteiger partial charge on any atom is -0.331 e. The Labute approximate surface area is 130 Å². The van der Waals surface area contributed by atoms with E-state index in [0.717, 1.165) is 10.0 Å². The first-order valence-electron chi connectivity index (χ1n) is 6.34. The first-order valence-corrected chi connectivity index (χ1v) is 8.01. The smallest absolute Gasteiger partial charge is 0.265 e. The van der Waals surface area contributed by atoms with Gasteiger partial charge in [-0.1, -0.05) is 12.1 Å². The number of carbonyl (C=O) groups excluding carboxylic acids is 1. The zero-order chi connectivity index (χ0) is 14.7. The molecule has 1 atom stereocenters. The van der Waals surface area contributed by atoms with Gasteiger partial charge >= 0.3 is 0 Å². The first-order chi connectivity index (χ1) is 9.54. The molecule has 0 aliphatic carbocycles.